The predicted molar refractivity (Wildman–Crippen MR) is 136 cm³/mol. The van der Waals surface area contributed by atoms with E-state index in [1.165, 1.54) is 21.6 Å². The van der Waals surface area contributed by atoms with E-state index in [-0.39, 0.29) is 48.0 Å². The van der Waals surface area contributed by atoms with Crippen molar-refractivity contribution >= 4 is 44.1 Å². The number of rotatable bonds is 4. The molecule has 11 nitrogen and oxygen atoms in total. The van der Waals surface area contributed by atoms with Crippen LogP contribution in [0.1, 0.15) is 5.56 Å². The van der Waals surface area contributed by atoms with Crippen LogP contribution in [0.2, 0.25) is 0 Å². The first-order valence-electron chi connectivity index (χ1n) is 11.8. The molecule has 1 aliphatic carbocycles. The van der Waals surface area contributed by atoms with E-state index in [0.717, 1.165) is 11.8 Å². The number of anilines is 3. The van der Waals surface area contributed by atoms with Gasteiger partial charge in [-0.2, -0.15) is 0 Å². The van der Waals surface area contributed by atoms with Crippen LogP contribution >= 0.6 is 0 Å². The topological polar surface area (TPSA) is 151 Å². The summed E-state index contributed by atoms with van der Waals surface area (Å²) in [6.07, 6.45) is 2.87. The lowest BCUT2D eigenvalue weighted by atomic mass is 9.97. The van der Waals surface area contributed by atoms with Gasteiger partial charge in [0.2, 0.25) is 15.9 Å². The Hall–Kier alpha value is -3.71. The number of benzene rings is 1. The number of pyridine rings is 2. The van der Waals surface area contributed by atoms with Gasteiger partial charge in [-0.1, -0.05) is 0 Å². The highest BCUT2D eigenvalue weighted by Crippen LogP contribution is 2.51. The Labute approximate surface area is 212 Å². The standard InChI is InChI=1S/C24H25FN6O5S/c1-11-14(7-29-23-21(11)27-3-4-36-23)13-5-12-6-18(28-8-15(12)20(26)19(13)25)31(24(32)33)22-16-9-30(10-17(16)22)37(2,34)35/h5-8,16-17,22,27H,3-4,9-10,26H2,1-2H3,(H,32,33). The fourth-order valence-corrected chi connectivity index (χ4v) is 6.48. The number of carboxylic acid groups (broad SMARTS) is 1. The van der Waals surface area contributed by atoms with Crippen molar-refractivity contribution in [3.05, 3.63) is 35.9 Å². The molecule has 2 aliphatic heterocycles. The molecular formula is C24H25FN6O5S. The largest absolute Gasteiger partial charge is 0.474 e. The van der Waals surface area contributed by atoms with E-state index in [9.17, 15) is 18.3 Å². The summed E-state index contributed by atoms with van der Waals surface area (Å²) in [7, 11) is -3.33. The van der Waals surface area contributed by atoms with Gasteiger partial charge >= 0.3 is 6.09 Å². The van der Waals surface area contributed by atoms with Gasteiger partial charge in [-0.05, 0) is 30.0 Å². The number of piperidine rings is 1. The van der Waals surface area contributed by atoms with Crippen molar-refractivity contribution in [3.63, 3.8) is 0 Å². The van der Waals surface area contributed by atoms with Crippen LogP contribution in [0, 0.1) is 24.6 Å². The molecule has 0 bridgehead atoms. The van der Waals surface area contributed by atoms with Crippen molar-refractivity contribution in [3.8, 4) is 17.0 Å². The van der Waals surface area contributed by atoms with Crippen LogP contribution in [0.3, 0.4) is 0 Å². The van der Waals surface area contributed by atoms with Crippen LogP contribution in [0.15, 0.2) is 24.5 Å². The Balaban J connectivity index is 1.39. The van der Waals surface area contributed by atoms with Gasteiger partial charge in [-0.25, -0.2) is 31.9 Å². The monoisotopic (exact) mass is 528 g/mol. The fourth-order valence-electron chi connectivity index (χ4n) is 5.59. The van der Waals surface area contributed by atoms with Crippen molar-refractivity contribution in [2.45, 2.75) is 13.0 Å². The van der Waals surface area contributed by atoms with Crippen molar-refractivity contribution in [1.29, 1.82) is 0 Å². The number of hydrogen-bond donors (Lipinski definition) is 3. The molecule has 1 amide bonds. The van der Waals surface area contributed by atoms with Crippen molar-refractivity contribution in [2.75, 3.05) is 48.4 Å². The molecule has 2 unspecified atom stereocenters. The predicted octanol–water partition coefficient (Wildman–Crippen LogP) is 2.51. The quantitative estimate of drug-likeness (QED) is 0.434. The highest BCUT2D eigenvalue weighted by molar-refractivity contribution is 7.88. The maximum Gasteiger partial charge on any atom is 0.413 e. The second-order valence-corrected chi connectivity index (χ2v) is 11.7. The summed E-state index contributed by atoms with van der Waals surface area (Å²) >= 11 is 0. The van der Waals surface area contributed by atoms with Crippen molar-refractivity contribution in [2.24, 2.45) is 11.8 Å². The number of sulfonamides is 1. The molecule has 13 heteroatoms. The molecule has 1 saturated carbocycles. The number of nitrogens with zero attached hydrogens (tertiary/aromatic N) is 4. The lowest BCUT2D eigenvalue weighted by Gasteiger charge is -2.24. The summed E-state index contributed by atoms with van der Waals surface area (Å²) in [4.78, 5) is 22.1. The number of amides is 1. The Kier molecular flexibility index (Phi) is 5.21. The zero-order chi connectivity index (χ0) is 26.2. The van der Waals surface area contributed by atoms with Gasteiger partial charge in [0.05, 0.1) is 18.0 Å². The summed E-state index contributed by atoms with van der Waals surface area (Å²) in [6.45, 7) is 3.48. The Morgan fingerprint density at radius 3 is 2.65 bits per heavy atom. The average Bonchev–Trinajstić information content (AvgIpc) is 3.29. The summed E-state index contributed by atoms with van der Waals surface area (Å²) in [5.41, 5.74) is 8.29. The number of hydrogen-bond acceptors (Lipinski definition) is 8. The van der Waals surface area contributed by atoms with Crippen LogP contribution in [0.5, 0.6) is 5.88 Å². The van der Waals surface area contributed by atoms with Gasteiger partial charge in [0.15, 0.2) is 5.82 Å². The maximum absolute atomic E-state index is 15.5. The first kappa shape index (κ1) is 23.7. The molecule has 2 atom stereocenters. The van der Waals surface area contributed by atoms with E-state index in [1.54, 1.807) is 12.1 Å². The molecule has 37 heavy (non-hydrogen) atoms. The van der Waals surface area contributed by atoms with E-state index in [1.807, 2.05) is 6.92 Å². The zero-order valence-electron chi connectivity index (χ0n) is 20.1. The molecule has 4 N–H and O–H groups in total. The van der Waals surface area contributed by atoms with E-state index < -0.39 is 21.9 Å². The average molecular weight is 529 g/mol. The lowest BCUT2D eigenvalue weighted by Crippen LogP contribution is -2.40. The second-order valence-electron chi connectivity index (χ2n) is 9.72. The van der Waals surface area contributed by atoms with Crippen LogP contribution < -0.4 is 20.7 Å². The second kappa shape index (κ2) is 8.15. The number of carbonyl (C=O) groups is 1. The van der Waals surface area contributed by atoms with Crippen LogP contribution in [-0.4, -0.2) is 72.4 Å². The highest BCUT2D eigenvalue weighted by atomic mass is 32.2. The summed E-state index contributed by atoms with van der Waals surface area (Å²) in [6, 6.07) is 2.81. The molecule has 3 aliphatic rings. The fraction of sp³-hybridized carbons (Fsp3) is 0.375. The molecule has 3 aromatic rings. The van der Waals surface area contributed by atoms with Crippen molar-refractivity contribution < 1.29 is 27.4 Å². The van der Waals surface area contributed by atoms with E-state index >= 15 is 4.39 Å². The lowest BCUT2D eigenvalue weighted by molar-refractivity contribution is 0.200. The van der Waals surface area contributed by atoms with E-state index in [0.29, 0.717) is 41.1 Å². The van der Waals surface area contributed by atoms with Gasteiger partial charge in [0, 0.05) is 60.4 Å². The molecule has 6 rings (SSSR count). The molecule has 1 aromatic carbocycles. The molecule has 0 spiro atoms. The minimum absolute atomic E-state index is 0.0955. The first-order valence-corrected chi connectivity index (χ1v) is 13.6. The number of nitrogen functional groups attached to an aromatic ring is 1. The van der Waals surface area contributed by atoms with Crippen LogP contribution in [-0.2, 0) is 10.0 Å². The SMILES string of the molecule is Cc1c(-c2cc3cc(N(C(=O)O)C4C5CN(S(C)(=O)=O)CC54)ncc3c(N)c2F)cnc2c1NCCO2. The third kappa shape index (κ3) is 3.72. The van der Waals surface area contributed by atoms with E-state index in [4.69, 9.17) is 10.5 Å². The third-order valence-electron chi connectivity index (χ3n) is 7.56. The maximum atomic E-state index is 15.5. The number of fused-ring (bicyclic) bond motifs is 3. The van der Waals surface area contributed by atoms with Crippen LogP contribution in [0.25, 0.3) is 21.9 Å². The molecule has 2 fully saturated rings. The zero-order valence-corrected chi connectivity index (χ0v) is 20.9. The molecular weight excluding hydrogens is 503 g/mol. The van der Waals surface area contributed by atoms with Crippen molar-refractivity contribution in [1.82, 2.24) is 14.3 Å². The molecule has 194 valence electrons. The molecule has 2 aromatic heterocycles. The van der Waals surface area contributed by atoms with Gasteiger partial charge in [0.25, 0.3) is 0 Å². The van der Waals surface area contributed by atoms with Gasteiger partial charge < -0.3 is 20.9 Å². The molecule has 4 heterocycles. The smallest absolute Gasteiger partial charge is 0.413 e. The Bertz CT molecular complexity index is 1570. The van der Waals surface area contributed by atoms with Crippen LogP contribution in [0.4, 0.5) is 26.4 Å². The third-order valence-corrected chi connectivity index (χ3v) is 8.79. The highest BCUT2D eigenvalue weighted by Gasteiger charge is 2.61. The normalized spacial score (nSPS) is 22.6. The van der Waals surface area contributed by atoms with Gasteiger partial charge in [-0.3, -0.25) is 4.90 Å². The minimum Gasteiger partial charge on any atom is -0.474 e. The first-order chi connectivity index (χ1) is 17.6. The number of nitrogens with one attached hydrogen (secondary N) is 1. The summed E-state index contributed by atoms with van der Waals surface area (Å²) in [5, 5.41) is 14.1. The number of ether oxygens (including phenoxy) is 1. The summed E-state index contributed by atoms with van der Waals surface area (Å²) < 4.78 is 46.1. The Morgan fingerprint density at radius 1 is 1.24 bits per heavy atom. The van der Waals surface area contributed by atoms with E-state index in [2.05, 4.69) is 15.3 Å². The number of aromatic nitrogens is 2. The minimum atomic E-state index is -3.33. The van der Waals surface area contributed by atoms with Gasteiger partial charge in [-0.15, -0.1) is 0 Å². The molecule has 0 radical (unpaired) electrons. The number of halogens is 1. The summed E-state index contributed by atoms with van der Waals surface area (Å²) in [5.74, 6) is -0.184. The van der Waals surface area contributed by atoms with Gasteiger partial charge in [0.1, 0.15) is 18.1 Å². The Morgan fingerprint density at radius 2 is 1.97 bits per heavy atom. The number of nitrogens with two attached hydrogens (primary N) is 1. The molecule has 1 saturated heterocycles.